The monoisotopic (exact) mass is 407 g/mol. The van der Waals surface area contributed by atoms with Crippen molar-refractivity contribution < 1.29 is 13.9 Å². The Morgan fingerprint density at radius 3 is 2.53 bits per heavy atom. The van der Waals surface area contributed by atoms with E-state index < -0.39 is 0 Å². The van der Waals surface area contributed by atoms with Gasteiger partial charge in [0.25, 0.3) is 11.5 Å². The number of benzene rings is 1. The number of para-hydroxylation sites is 2. The van der Waals surface area contributed by atoms with Crippen molar-refractivity contribution in [3.05, 3.63) is 82.7 Å². The zero-order chi connectivity index (χ0) is 20.9. The first-order valence-corrected chi connectivity index (χ1v) is 10.2. The van der Waals surface area contributed by atoms with Crippen molar-refractivity contribution in [1.29, 1.82) is 0 Å². The van der Waals surface area contributed by atoms with Crippen LogP contribution in [0.25, 0.3) is 0 Å². The van der Waals surface area contributed by atoms with Gasteiger partial charge >= 0.3 is 0 Å². The number of hydrogen-bond acceptors (Lipinski definition) is 5. The number of nitrogens with zero attached hydrogens (tertiary/aromatic N) is 3. The summed E-state index contributed by atoms with van der Waals surface area (Å²) >= 11 is 0. The van der Waals surface area contributed by atoms with Crippen molar-refractivity contribution >= 4 is 11.6 Å². The second-order valence-corrected chi connectivity index (χ2v) is 7.11. The summed E-state index contributed by atoms with van der Waals surface area (Å²) in [6.45, 7) is 5.55. The van der Waals surface area contributed by atoms with Gasteiger partial charge in [0, 0.05) is 38.4 Å². The summed E-state index contributed by atoms with van der Waals surface area (Å²) in [5.41, 5.74) is 0.949. The maximum absolute atomic E-state index is 12.9. The molecule has 0 saturated carbocycles. The fourth-order valence-electron chi connectivity index (χ4n) is 3.64. The molecule has 7 heteroatoms. The van der Waals surface area contributed by atoms with Crippen LogP contribution < -0.4 is 15.2 Å². The fourth-order valence-corrected chi connectivity index (χ4v) is 3.64. The number of anilines is 1. The van der Waals surface area contributed by atoms with Crippen molar-refractivity contribution in [2.45, 2.75) is 13.5 Å². The summed E-state index contributed by atoms with van der Waals surface area (Å²) in [6, 6.07) is 16.4. The highest BCUT2D eigenvalue weighted by molar-refractivity contribution is 5.91. The predicted octanol–water partition coefficient (Wildman–Crippen LogP) is 2.85. The number of piperazine rings is 1. The van der Waals surface area contributed by atoms with Crippen LogP contribution >= 0.6 is 0 Å². The van der Waals surface area contributed by atoms with Gasteiger partial charge in [-0.05, 0) is 37.3 Å². The molecule has 4 rings (SSSR count). The highest BCUT2D eigenvalue weighted by Gasteiger charge is 2.25. The van der Waals surface area contributed by atoms with Gasteiger partial charge < -0.3 is 23.5 Å². The molecule has 156 valence electrons. The zero-order valence-electron chi connectivity index (χ0n) is 17.0. The first kappa shape index (κ1) is 19.8. The van der Waals surface area contributed by atoms with Crippen molar-refractivity contribution in [3.8, 4) is 5.75 Å². The van der Waals surface area contributed by atoms with Crippen LogP contribution in [0.2, 0.25) is 0 Å². The zero-order valence-corrected chi connectivity index (χ0v) is 17.0. The molecule has 0 bridgehead atoms. The van der Waals surface area contributed by atoms with E-state index in [9.17, 15) is 9.59 Å². The van der Waals surface area contributed by atoms with E-state index in [-0.39, 0.29) is 11.5 Å². The Morgan fingerprint density at radius 2 is 1.77 bits per heavy atom. The summed E-state index contributed by atoms with van der Waals surface area (Å²) < 4.78 is 13.0. The number of carbonyl (C=O) groups excluding carboxylic acids is 1. The molecule has 1 saturated heterocycles. The summed E-state index contributed by atoms with van der Waals surface area (Å²) in [4.78, 5) is 28.8. The number of pyridine rings is 1. The van der Waals surface area contributed by atoms with E-state index in [0.29, 0.717) is 37.8 Å². The highest BCUT2D eigenvalue weighted by atomic mass is 16.5. The minimum atomic E-state index is -0.126. The Bertz CT molecular complexity index is 1060. The molecule has 0 aliphatic carbocycles. The van der Waals surface area contributed by atoms with Crippen LogP contribution in [0.15, 0.2) is 70.0 Å². The summed E-state index contributed by atoms with van der Waals surface area (Å²) in [5, 5.41) is 0. The van der Waals surface area contributed by atoms with Gasteiger partial charge in [0.2, 0.25) is 0 Å². The average Bonchev–Trinajstić information content (AvgIpc) is 3.24. The van der Waals surface area contributed by atoms with Gasteiger partial charge in [-0.1, -0.05) is 18.2 Å². The molecule has 2 aromatic heterocycles. The molecule has 1 aliphatic rings. The van der Waals surface area contributed by atoms with Gasteiger partial charge in [-0.2, -0.15) is 0 Å². The van der Waals surface area contributed by atoms with E-state index in [1.807, 2.05) is 31.2 Å². The smallest absolute Gasteiger partial charge is 0.289 e. The third kappa shape index (κ3) is 4.25. The van der Waals surface area contributed by atoms with Crippen LogP contribution in [0.1, 0.15) is 23.2 Å². The first-order chi connectivity index (χ1) is 14.7. The second-order valence-electron chi connectivity index (χ2n) is 7.11. The van der Waals surface area contributed by atoms with Crippen LogP contribution in [-0.4, -0.2) is 48.2 Å². The van der Waals surface area contributed by atoms with Crippen LogP contribution in [0, 0.1) is 0 Å². The van der Waals surface area contributed by atoms with E-state index in [0.717, 1.165) is 24.5 Å². The molecule has 30 heavy (non-hydrogen) atoms. The Hall–Kier alpha value is -3.48. The molecule has 0 N–H and O–H groups in total. The molecule has 1 fully saturated rings. The summed E-state index contributed by atoms with van der Waals surface area (Å²) in [6.07, 6.45) is 1.70. The van der Waals surface area contributed by atoms with Crippen molar-refractivity contribution in [1.82, 2.24) is 9.47 Å². The van der Waals surface area contributed by atoms with Crippen LogP contribution in [0.5, 0.6) is 5.75 Å². The van der Waals surface area contributed by atoms with E-state index in [1.165, 1.54) is 6.07 Å². The number of aromatic nitrogens is 1. The topological polar surface area (TPSA) is 67.9 Å². The van der Waals surface area contributed by atoms with E-state index in [4.69, 9.17) is 9.15 Å². The number of rotatable bonds is 6. The SMILES string of the molecule is CCOc1ccccc1N1CCN(C(=O)c2ccc(Cn3ccccc3=O)o2)CC1. The van der Waals surface area contributed by atoms with Crippen LogP contribution in [0.4, 0.5) is 5.69 Å². The quantitative estimate of drug-likeness (QED) is 0.629. The lowest BCUT2D eigenvalue weighted by Gasteiger charge is -2.36. The van der Waals surface area contributed by atoms with E-state index in [1.54, 1.807) is 39.9 Å². The molecule has 0 radical (unpaired) electrons. The largest absolute Gasteiger partial charge is 0.492 e. The second kappa shape index (κ2) is 8.90. The van der Waals surface area contributed by atoms with Crippen LogP contribution in [-0.2, 0) is 6.54 Å². The van der Waals surface area contributed by atoms with E-state index in [2.05, 4.69) is 4.90 Å². The molecule has 1 aliphatic heterocycles. The fraction of sp³-hybridized carbons (Fsp3) is 0.304. The molecule has 1 amide bonds. The molecule has 3 heterocycles. The minimum Gasteiger partial charge on any atom is -0.492 e. The maximum Gasteiger partial charge on any atom is 0.289 e. The lowest BCUT2D eigenvalue weighted by atomic mass is 10.2. The number of furan rings is 1. The highest BCUT2D eigenvalue weighted by Crippen LogP contribution is 2.29. The van der Waals surface area contributed by atoms with Crippen molar-refractivity contribution in [3.63, 3.8) is 0 Å². The summed E-state index contributed by atoms with van der Waals surface area (Å²) in [7, 11) is 0. The molecular formula is C23H25N3O4. The summed E-state index contributed by atoms with van der Waals surface area (Å²) in [5.74, 6) is 1.62. The Kier molecular flexibility index (Phi) is 5.88. The van der Waals surface area contributed by atoms with Gasteiger partial charge in [-0.25, -0.2) is 0 Å². The molecule has 0 atom stereocenters. The number of amides is 1. The third-order valence-electron chi connectivity index (χ3n) is 5.17. The lowest BCUT2D eigenvalue weighted by molar-refractivity contribution is 0.0712. The standard InChI is InChI=1S/C23H25N3O4/c1-2-29-20-8-4-3-7-19(20)24-13-15-25(16-14-24)23(28)21-11-10-18(30-21)17-26-12-6-5-9-22(26)27/h3-12H,2,13-17H2,1H3. The van der Waals surface area contributed by atoms with Crippen LogP contribution in [0.3, 0.4) is 0 Å². The third-order valence-corrected chi connectivity index (χ3v) is 5.17. The molecular weight excluding hydrogens is 382 g/mol. The Balaban J connectivity index is 1.39. The van der Waals surface area contributed by atoms with Crippen molar-refractivity contribution in [2.24, 2.45) is 0 Å². The number of hydrogen-bond donors (Lipinski definition) is 0. The molecule has 7 nitrogen and oxygen atoms in total. The first-order valence-electron chi connectivity index (χ1n) is 10.2. The Labute approximate surface area is 175 Å². The van der Waals surface area contributed by atoms with Gasteiger partial charge in [0.15, 0.2) is 5.76 Å². The minimum absolute atomic E-state index is 0.106. The molecule has 0 unspecified atom stereocenters. The lowest BCUT2D eigenvalue weighted by Crippen LogP contribution is -2.48. The molecule has 1 aromatic carbocycles. The van der Waals surface area contributed by atoms with Gasteiger partial charge in [-0.15, -0.1) is 0 Å². The molecule has 0 spiro atoms. The van der Waals surface area contributed by atoms with E-state index >= 15 is 0 Å². The van der Waals surface area contributed by atoms with Crippen molar-refractivity contribution in [2.75, 3.05) is 37.7 Å². The maximum atomic E-state index is 12.9. The average molecular weight is 407 g/mol. The number of carbonyl (C=O) groups is 1. The predicted molar refractivity (Wildman–Crippen MR) is 114 cm³/mol. The Morgan fingerprint density at radius 1 is 1.00 bits per heavy atom. The number of ether oxygens (including phenoxy) is 1. The normalized spacial score (nSPS) is 14.0. The molecule has 3 aromatic rings. The van der Waals surface area contributed by atoms with Gasteiger partial charge in [-0.3, -0.25) is 9.59 Å². The van der Waals surface area contributed by atoms with Gasteiger partial charge in [0.05, 0.1) is 18.8 Å². The van der Waals surface area contributed by atoms with Gasteiger partial charge in [0.1, 0.15) is 11.5 Å².